The first-order chi connectivity index (χ1) is 5.70. The Kier molecular flexibility index (Phi) is 2.33. The largest absolute Gasteiger partial charge is 0.387 e. The Bertz CT molecular complexity index is 176. The molecule has 2 aliphatic heterocycles. The number of fused-ring (bicyclic) bond motifs is 1. The first-order valence-corrected chi connectivity index (χ1v) is 6.03. The summed E-state index contributed by atoms with van der Waals surface area (Å²) in [4.78, 5) is 0. The summed E-state index contributed by atoms with van der Waals surface area (Å²) in [6.45, 7) is 0. The van der Waals surface area contributed by atoms with E-state index in [4.69, 9.17) is 0 Å². The lowest BCUT2D eigenvalue weighted by Crippen LogP contribution is -2.54. The van der Waals surface area contributed by atoms with Gasteiger partial charge in [0.05, 0.1) is 0 Å². The average Bonchev–Trinajstić information content (AvgIpc) is 2.48. The zero-order chi connectivity index (χ0) is 8.72. The van der Waals surface area contributed by atoms with E-state index in [2.05, 4.69) is 0 Å². The van der Waals surface area contributed by atoms with Crippen LogP contribution in [-0.4, -0.2) is 50.4 Å². The second-order valence-electron chi connectivity index (χ2n) is 3.64. The van der Waals surface area contributed by atoms with Gasteiger partial charge in [0.15, 0.2) is 0 Å². The third-order valence-corrected chi connectivity index (χ3v) is 5.79. The summed E-state index contributed by atoms with van der Waals surface area (Å²) in [5.74, 6) is 1.83. The van der Waals surface area contributed by atoms with Crippen molar-refractivity contribution in [3.05, 3.63) is 0 Å². The fourth-order valence-electron chi connectivity index (χ4n) is 2.13. The normalized spacial score (nSPS) is 53.8. The van der Waals surface area contributed by atoms with Crippen LogP contribution >= 0.6 is 0 Å². The molecular weight excluding hydrogens is 176 g/mol. The van der Waals surface area contributed by atoms with Crippen molar-refractivity contribution in [1.82, 2.24) is 0 Å². The zero-order valence-electron chi connectivity index (χ0n) is 6.89. The summed E-state index contributed by atoms with van der Waals surface area (Å²) >= 11 is 0. The molecule has 0 aromatic heterocycles. The minimum atomic E-state index is -0.906. The molecule has 2 aliphatic rings. The molecule has 2 saturated heterocycles. The lowest BCUT2D eigenvalue weighted by Gasteiger charge is -2.31. The third kappa shape index (κ3) is 1.27. The lowest BCUT2D eigenvalue weighted by molar-refractivity contribution is -0.0558. The Morgan fingerprint density at radius 1 is 1.08 bits per heavy atom. The van der Waals surface area contributed by atoms with Gasteiger partial charge in [-0.1, -0.05) is 0 Å². The van der Waals surface area contributed by atoms with Gasteiger partial charge in [-0.3, -0.25) is 0 Å². The van der Waals surface area contributed by atoms with Crippen molar-refractivity contribution in [3.63, 3.8) is 0 Å². The monoisotopic (exact) mass is 191 g/mol. The number of hydrogen-bond acceptors (Lipinski definition) is 3. The topological polar surface area (TPSA) is 60.7 Å². The van der Waals surface area contributed by atoms with Crippen molar-refractivity contribution < 1.29 is 15.3 Å². The maximum Gasteiger partial charge on any atom is 0.146 e. The molecule has 4 heteroatoms. The minimum absolute atomic E-state index is 0.174. The van der Waals surface area contributed by atoms with Gasteiger partial charge in [0.2, 0.25) is 0 Å². The molecular formula is C8H15O3S+. The Hall–Kier alpha value is 0.230. The Labute approximate surface area is 74.8 Å². The van der Waals surface area contributed by atoms with Crippen molar-refractivity contribution in [2.75, 3.05) is 11.5 Å². The fourth-order valence-corrected chi connectivity index (χ4v) is 5.07. The van der Waals surface area contributed by atoms with Crippen molar-refractivity contribution in [1.29, 1.82) is 0 Å². The zero-order valence-corrected chi connectivity index (χ0v) is 7.70. The molecule has 0 bridgehead atoms. The molecule has 2 rings (SSSR count). The summed E-state index contributed by atoms with van der Waals surface area (Å²) in [6.07, 6.45) is -0.118. The van der Waals surface area contributed by atoms with E-state index in [1.807, 2.05) is 0 Å². The molecule has 2 heterocycles. The van der Waals surface area contributed by atoms with Crippen LogP contribution in [0.1, 0.15) is 12.8 Å². The standard InChI is InChI=1S/C8H15O3S/c9-5-4-12-3-1-2-6(12)8(11)7(5)10/h5-11H,1-4H2/q+1/t5?,6?,7?,8-,12?/m1/s1. The highest BCUT2D eigenvalue weighted by Crippen LogP contribution is 2.32. The highest BCUT2D eigenvalue weighted by molar-refractivity contribution is 7.97. The van der Waals surface area contributed by atoms with E-state index in [-0.39, 0.29) is 16.1 Å². The number of hydrogen-bond donors (Lipinski definition) is 3. The van der Waals surface area contributed by atoms with Gasteiger partial charge in [-0.25, -0.2) is 0 Å². The third-order valence-electron chi connectivity index (χ3n) is 2.83. The number of aliphatic hydroxyl groups is 3. The van der Waals surface area contributed by atoms with Crippen LogP contribution in [0, 0.1) is 0 Å². The van der Waals surface area contributed by atoms with Crippen molar-refractivity contribution in [3.8, 4) is 0 Å². The average molecular weight is 191 g/mol. The quantitative estimate of drug-likeness (QED) is 0.424. The van der Waals surface area contributed by atoms with Crippen molar-refractivity contribution in [2.24, 2.45) is 0 Å². The molecule has 0 spiro atoms. The first kappa shape index (κ1) is 8.81. The molecule has 0 aromatic rings. The first-order valence-electron chi connectivity index (χ1n) is 4.40. The number of rotatable bonds is 0. The van der Waals surface area contributed by atoms with Crippen LogP contribution in [0.5, 0.6) is 0 Å². The van der Waals surface area contributed by atoms with Crippen LogP contribution in [0.15, 0.2) is 0 Å². The molecule has 70 valence electrons. The second-order valence-corrected chi connectivity index (χ2v) is 6.06. The van der Waals surface area contributed by atoms with Gasteiger partial charge in [-0.15, -0.1) is 0 Å². The van der Waals surface area contributed by atoms with Crippen LogP contribution in [0.25, 0.3) is 0 Å². The summed E-state index contributed by atoms with van der Waals surface area (Å²) in [5, 5.41) is 28.7. The SMILES string of the molecule is OC1C[S+]2CCCC2[C@@H](O)C1O. The fraction of sp³-hybridized carbons (Fsp3) is 1.00. The molecule has 0 aromatic carbocycles. The molecule has 2 fully saturated rings. The van der Waals surface area contributed by atoms with E-state index < -0.39 is 18.3 Å². The van der Waals surface area contributed by atoms with Gasteiger partial charge < -0.3 is 15.3 Å². The van der Waals surface area contributed by atoms with Gasteiger partial charge in [0.25, 0.3) is 0 Å². The summed E-state index contributed by atoms with van der Waals surface area (Å²) in [5.41, 5.74) is 0. The molecule has 4 unspecified atom stereocenters. The number of aliphatic hydroxyl groups excluding tert-OH is 3. The van der Waals surface area contributed by atoms with Gasteiger partial charge in [-0.05, 0) is 17.3 Å². The molecule has 3 nitrogen and oxygen atoms in total. The predicted octanol–water partition coefficient (Wildman–Crippen LogP) is -1.14. The van der Waals surface area contributed by atoms with Gasteiger partial charge in [-0.2, -0.15) is 0 Å². The summed E-state index contributed by atoms with van der Waals surface area (Å²) in [7, 11) is 0.174. The maximum atomic E-state index is 9.62. The van der Waals surface area contributed by atoms with Gasteiger partial charge >= 0.3 is 0 Å². The Morgan fingerprint density at radius 2 is 1.83 bits per heavy atom. The van der Waals surface area contributed by atoms with E-state index in [0.717, 1.165) is 18.6 Å². The van der Waals surface area contributed by atoms with Crippen LogP contribution in [0.2, 0.25) is 0 Å². The molecule has 0 saturated carbocycles. The highest BCUT2D eigenvalue weighted by atomic mass is 32.2. The lowest BCUT2D eigenvalue weighted by atomic mass is 10.0. The van der Waals surface area contributed by atoms with E-state index in [1.54, 1.807) is 0 Å². The minimum Gasteiger partial charge on any atom is -0.387 e. The Morgan fingerprint density at radius 3 is 2.58 bits per heavy atom. The second kappa shape index (κ2) is 3.18. The van der Waals surface area contributed by atoms with E-state index in [0.29, 0.717) is 5.75 Å². The van der Waals surface area contributed by atoms with E-state index >= 15 is 0 Å². The van der Waals surface area contributed by atoms with Crippen LogP contribution in [0.3, 0.4) is 0 Å². The Balaban J connectivity index is 2.10. The maximum absolute atomic E-state index is 9.62. The molecule has 0 aliphatic carbocycles. The molecule has 0 amide bonds. The summed E-state index contributed by atoms with van der Waals surface area (Å²) in [6, 6.07) is 0. The molecule has 12 heavy (non-hydrogen) atoms. The van der Waals surface area contributed by atoms with Crippen molar-refractivity contribution >= 4 is 10.9 Å². The predicted molar refractivity (Wildman–Crippen MR) is 48.1 cm³/mol. The molecule has 0 radical (unpaired) electrons. The van der Waals surface area contributed by atoms with Crippen LogP contribution in [-0.2, 0) is 10.9 Å². The molecule has 5 atom stereocenters. The van der Waals surface area contributed by atoms with Crippen molar-refractivity contribution in [2.45, 2.75) is 36.4 Å². The highest BCUT2D eigenvalue weighted by Gasteiger charge is 2.51. The van der Waals surface area contributed by atoms with E-state index in [1.165, 1.54) is 0 Å². The summed E-state index contributed by atoms with van der Waals surface area (Å²) < 4.78 is 0. The molecule has 3 N–H and O–H groups in total. The van der Waals surface area contributed by atoms with Gasteiger partial charge in [0, 0.05) is 6.42 Å². The van der Waals surface area contributed by atoms with Gasteiger partial charge in [0.1, 0.15) is 35.1 Å². The van der Waals surface area contributed by atoms with Crippen LogP contribution in [0.4, 0.5) is 0 Å². The van der Waals surface area contributed by atoms with E-state index in [9.17, 15) is 15.3 Å². The smallest absolute Gasteiger partial charge is 0.146 e. The van der Waals surface area contributed by atoms with Crippen LogP contribution < -0.4 is 0 Å².